The molecule has 0 aliphatic heterocycles. The molecule has 1 aromatic heterocycles. The Morgan fingerprint density at radius 1 is 1.30 bits per heavy atom. The molecule has 0 spiro atoms. The lowest BCUT2D eigenvalue weighted by atomic mass is 10.2. The predicted molar refractivity (Wildman–Crippen MR) is 124 cm³/mol. The fraction of sp³-hybridized carbons (Fsp3) is 0.545. The number of likely N-dealkylation sites (N-methyl/N-ethyl adjacent to an activating group) is 1. The van der Waals surface area contributed by atoms with Crippen LogP contribution in [-0.2, 0) is 17.8 Å². The molecular formula is C22H35N5O2S. The van der Waals surface area contributed by atoms with E-state index in [1.54, 1.807) is 18.4 Å². The summed E-state index contributed by atoms with van der Waals surface area (Å²) in [6.07, 6.45) is 0.0168. The lowest BCUT2D eigenvalue weighted by Gasteiger charge is -2.21. The molecule has 8 heteroatoms. The van der Waals surface area contributed by atoms with Crippen LogP contribution in [0.2, 0.25) is 0 Å². The van der Waals surface area contributed by atoms with Crippen LogP contribution in [0.25, 0.3) is 0 Å². The van der Waals surface area contributed by atoms with Crippen molar-refractivity contribution in [2.24, 2.45) is 4.99 Å². The minimum atomic E-state index is 0.0168. The van der Waals surface area contributed by atoms with E-state index in [-0.39, 0.29) is 6.10 Å². The van der Waals surface area contributed by atoms with Crippen molar-refractivity contribution in [3.05, 3.63) is 45.9 Å². The molecule has 0 amide bonds. The molecule has 0 aliphatic carbocycles. The Balaban J connectivity index is 2.00. The van der Waals surface area contributed by atoms with E-state index in [1.807, 2.05) is 40.2 Å². The summed E-state index contributed by atoms with van der Waals surface area (Å²) in [6, 6.07) is 8.13. The number of nitrogens with one attached hydrogen (secondary N) is 1. The molecule has 1 unspecified atom stereocenters. The molecule has 30 heavy (non-hydrogen) atoms. The Hall–Kier alpha value is -2.16. The van der Waals surface area contributed by atoms with Crippen LogP contribution >= 0.6 is 11.3 Å². The van der Waals surface area contributed by atoms with Crippen LogP contribution < -0.4 is 10.1 Å². The molecule has 166 valence electrons. The third-order valence-corrected chi connectivity index (χ3v) is 5.54. The molecule has 7 nitrogen and oxygen atoms in total. The standard InChI is InChI=1S/C22H35N5O2S/c1-7-23-22(27(5)15-19-16-30-21(25-19)17(2)28-6)24-14-18-9-8-10-20(13-18)29-12-11-26(3)4/h8-10,13,16-17H,7,11-12,14-15H2,1-6H3,(H,23,24). The van der Waals surface area contributed by atoms with Gasteiger partial charge in [0.15, 0.2) is 5.96 Å². The lowest BCUT2D eigenvalue weighted by Crippen LogP contribution is -2.38. The average molecular weight is 434 g/mol. The van der Waals surface area contributed by atoms with Gasteiger partial charge in [-0.2, -0.15) is 0 Å². The van der Waals surface area contributed by atoms with Gasteiger partial charge in [-0.1, -0.05) is 12.1 Å². The SMILES string of the molecule is CCNC(=NCc1cccc(OCCN(C)C)c1)N(C)Cc1csc(C(C)OC)n1. The fourth-order valence-electron chi connectivity index (χ4n) is 2.72. The summed E-state index contributed by atoms with van der Waals surface area (Å²) in [5.41, 5.74) is 2.13. The van der Waals surface area contributed by atoms with Gasteiger partial charge in [0.05, 0.1) is 18.8 Å². The number of ether oxygens (including phenoxy) is 2. The largest absolute Gasteiger partial charge is 0.492 e. The van der Waals surface area contributed by atoms with E-state index < -0.39 is 0 Å². The first-order chi connectivity index (χ1) is 14.4. The maximum Gasteiger partial charge on any atom is 0.194 e. The summed E-state index contributed by atoms with van der Waals surface area (Å²) in [5.74, 6) is 1.73. The first-order valence-electron chi connectivity index (χ1n) is 10.3. The quantitative estimate of drug-likeness (QED) is 0.433. The number of hydrogen-bond acceptors (Lipinski definition) is 6. The number of benzene rings is 1. The second-order valence-electron chi connectivity index (χ2n) is 7.38. The Labute approximate surface area is 184 Å². The molecule has 0 radical (unpaired) electrons. The number of thiazole rings is 1. The van der Waals surface area contributed by atoms with Crippen molar-refractivity contribution in [3.63, 3.8) is 0 Å². The van der Waals surface area contributed by atoms with Gasteiger partial charge in [-0.25, -0.2) is 9.98 Å². The van der Waals surface area contributed by atoms with Gasteiger partial charge in [0.25, 0.3) is 0 Å². The highest BCUT2D eigenvalue weighted by Crippen LogP contribution is 2.21. The van der Waals surface area contributed by atoms with Gasteiger partial charge in [0, 0.05) is 32.6 Å². The molecule has 0 saturated heterocycles. The molecule has 0 bridgehead atoms. The third-order valence-electron chi connectivity index (χ3n) is 4.48. The van der Waals surface area contributed by atoms with E-state index in [4.69, 9.17) is 14.5 Å². The monoisotopic (exact) mass is 433 g/mol. The highest BCUT2D eigenvalue weighted by Gasteiger charge is 2.12. The number of methoxy groups -OCH3 is 1. The lowest BCUT2D eigenvalue weighted by molar-refractivity contribution is 0.119. The van der Waals surface area contributed by atoms with Gasteiger partial charge in [-0.3, -0.25) is 0 Å². The number of hydrogen-bond donors (Lipinski definition) is 1. The molecule has 1 heterocycles. The molecule has 1 aromatic carbocycles. The number of aromatic nitrogens is 1. The first-order valence-corrected chi connectivity index (χ1v) is 11.1. The molecule has 2 aromatic rings. The van der Waals surface area contributed by atoms with Gasteiger partial charge in [0.2, 0.25) is 0 Å². The highest BCUT2D eigenvalue weighted by molar-refractivity contribution is 7.09. The summed E-state index contributed by atoms with van der Waals surface area (Å²) >= 11 is 1.63. The zero-order valence-electron chi connectivity index (χ0n) is 19.0. The molecule has 1 atom stereocenters. The van der Waals surface area contributed by atoms with E-state index >= 15 is 0 Å². The zero-order valence-corrected chi connectivity index (χ0v) is 19.8. The van der Waals surface area contributed by atoms with Crippen LogP contribution in [-0.4, -0.2) is 68.7 Å². The van der Waals surface area contributed by atoms with Crippen molar-refractivity contribution in [1.29, 1.82) is 0 Å². The second-order valence-corrected chi connectivity index (χ2v) is 8.27. The van der Waals surface area contributed by atoms with Crippen LogP contribution in [0.5, 0.6) is 5.75 Å². The Morgan fingerprint density at radius 3 is 2.80 bits per heavy atom. The number of rotatable bonds is 11. The van der Waals surface area contributed by atoms with Crippen molar-refractivity contribution in [1.82, 2.24) is 20.1 Å². The average Bonchev–Trinajstić information content (AvgIpc) is 3.19. The van der Waals surface area contributed by atoms with Crippen LogP contribution in [0.15, 0.2) is 34.6 Å². The van der Waals surface area contributed by atoms with Crippen LogP contribution in [0, 0.1) is 0 Å². The van der Waals surface area contributed by atoms with Crippen molar-refractivity contribution in [3.8, 4) is 5.75 Å². The topological polar surface area (TPSA) is 62.2 Å². The van der Waals surface area contributed by atoms with Gasteiger partial charge in [0.1, 0.15) is 23.5 Å². The summed E-state index contributed by atoms with van der Waals surface area (Å²) < 4.78 is 11.2. The van der Waals surface area contributed by atoms with Gasteiger partial charge >= 0.3 is 0 Å². The van der Waals surface area contributed by atoms with Gasteiger partial charge in [-0.05, 0) is 45.6 Å². The molecule has 0 fully saturated rings. The summed E-state index contributed by atoms with van der Waals surface area (Å²) in [6.45, 7) is 7.72. The molecule has 0 aliphatic rings. The second kappa shape index (κ2) is 12.5. The highest BCUT2D eigenvalue weighted by atomic mass is 32.1. The van der Waals surface area contributed by atoms with Crippen molar-refractivity contribution < 1.29 is 9.47 Å². The summed E-state index contributed by atoms with van der Waals surface area (Å²) in [5, 5.41) is 6.44. The molecular weight excluding hydrogens is 398 g/mol. The van der Waals surface area contributed by atoms with E-state index in [0.717, 1.165) is 41.1 Å². The molecule has 1 N–H and O–H groups in total. The van der Waals surface area contributed by atoms with E-state index in [1.165, 1.54) is 0 Å². The zero-order chi connectivity index (χ0) is 21.9. The van der Waals surface area contributed by atoms with Crippen molar-refractivity contribution in [2.45, 2.75) is 33.0 Å². The summed E-state index contributed by atoms with van der Waals surface area (Å²) in [4.78, 5) is 13.7. The Morgan fingerprint density at radius 2 is 2.10 bits per heavy atom. The maximum absolute atomic E-state index is 5.84. The number of aliphatic imine (C=N–C) groups is 1. The van der Waals surface area contributed by atoms with Crippen LogP contribution in [0.3, 0.4) is 0 Å². The number of nitrogens with zero attached hydrogens (tertiary/aromatic N) is 4. The smallest absolute Gasteiger partial charge is 0.194 e. The van der Waals surface area contributed by atoms with Crippen LogP contribution in [0.1, 0.15) is 36.2 Å². The van der Waals surface area contributed by atoms with Gasteiger partial charge < -0.3 is 24.6 Å². The summed E-state index contributed by atoms with van der Waals surface area (Å²) in [7, 11) is 7.81. The normalized spacial score (nSPS) is 12.8. The van der Waals surface area contributed by atoms with E-state index in [9.17, 15) is 0 Å². The number of guanidine groups is 1. The molecule has 0 saturated carbocycles. The van der Waals surface area contributed by atoms with Gasteiger partial charge in [-0.15, -0.1) is 11.3 Å². The third kappa shape index (κ3) is 7.93. The van der Waals surface area contributed by atoms with E-state index in [2.05, 4.69) is 44.5 Å². The minimum absolute atomic E-state index is 0.0168. The van der Waals surface area contributed by atoms with Crippen molar-refractivity contribution >= 4 is 17.3 Å². The Kier molecular flexibility index (Phi) is 10.1. The van der Waals surface area contributed by atoms with Crippen molar-refractivity contribution in [2.75, 3.05) is 47.9 Å². The minimum Gasteiger partial charge on any atom is -0.492 e. The first kappa shape index (κ1) is 24.1. The maximum atomic E-state index is 5.84. The predicted octanol–water partition coefficient (Wildman–Crippen LogP) is 3.39. The Bertz CT molecular complexity index is 793. The molecule has 2 rings (SSSR count). The van der Waals surface area contributed by atoms with Crippen LogP contribution in [0.4, 0.5) is 0 Å². The van der Waals surface area contributed by atoms with E-state index in [0.29, 0.717) is 19.7 Å². The fourth-order valence-corrected chi connectivity index (χ4v) is 3.56.